The van der Waals surface area contributed by atoms with Gasteiger partial charge in [0, 0.05) is 25.7 Å². The average molecular weight is 214 g/mol. The fraction of sp³-hybridized carbons (Fsp3) is 0.727. The summed E-state index contributed by atoms with van der Waals surface area (Å²) in [6, 6.07) is 0. The van der Waals surface area contributed by atoms with E-state index in [9.17, 15) is 4.79 Å². The van der Waals surface area contributed by atoms with Crippen molar-refractivity contribution in [2.24, 2.45) is 5.73 Å². The van der Waals surface area contributed by atoms with Crippen molar-refractivity contribution < 1.29 is 9.53 Å². The lowest BCUT2D eigenvalue weighted by atomic mass is 10.0. The van der Waals surface area contributed by atoms with Crippen molar-refractivity contribution in [3.05, 3.63) is 12.7 Å². The monoisotopic (exact) mass is 214 g/mol. The summed E-state index contributed by atoms with van der Waals surface area (Å²) in [5.41, 5.74) is 5.21. The number of carbonyl (C=O) groups is 1. The van der Waals surface area contributed by atoms with E-state index in [1.165, 1.54) is 7.11 Å². The summed E-state index contributed by atoms with van der Waals surface area (Å²) in [6.07, 6.45) is 1.14. The van der Waals surface area contributed by atoms with Crippen molar-refractivity contribution in [2.75, 3.05) is 20.2 Å². The van der Waals surface area contributed by atoms with Crippen LogP contribution in [-0.2, 0) is 9.53 Å². The second-order valence-corrected chi connectivity index (χ2v) is 4.37. The van der Waals surface area contributed by atoms with Gasteiger partial charge in [-0.3, -0.25) is 4.79 Å². The van der Waals surface area contributed by atoms with Gasteiger partial charge in [-0.25, -0.2) is 0 Å². The van der Waals surface area contributed by atoms with Gasteiger partial charge in [-0.1, -0.05) is 6.08 Å². The lowest BCUT2D eigenvalue weighted by Crippen LogP contribution is -2.52. The van der Waals surface area contributed by atoms with E-state index in [4.69, 9.17) is 10.5 Å². The molecule has 1 atom stereocenters. The highest BCUT2D eigenvalue weighted by atomic mass is 16.5. The van der Waals surface area contributed by atoms with Crippen LogP contribution in [0.15, 0.2) is 12.7 Å². The van der Waals surface area contributed by atoms with Crippen LogP contribution in [0.5, 0.6) is 0 Å². The van der Waals surface area contributed by atoms with Crippen LogP contribution in [-0.4, -0.2) is 42.6 Å². The Morgan fingerprint density at radius 2 is 2.13 bits per heavy atom. The second-order valence-electron chi connectivity index (χ2n) is 4.37. The zero-order valence-corrected chi connectivity index (χ0v) is 10.1. The molecule has 0 heterocycles. The topological polar surface area (TPSA) is 55.6 Å². The van der Waals surface area contributed by atoms with E-state index in [0.717, 1.165) is 0 Å². The van der Waals surface area contributed by atoms with Gasteiger partial charge in [-0.05, 0) is 20.8 Å². The number of rotatable bonds is 5. The fourth-order valence-electron chi connectivity index (χ4n) is 1.30. The minimum absolute atomic E-state index is 0.0904. The van der Waals surface area contributed by atoms with E-state index in [1.54, 1.807) is 11.0 Å². The van der Waals surface area contributed by atoms with Gasteiger partial charge >= 0.3 is 0 Å². The number of nitrogens with zero attached hydrogens (tertiary/aromatic N) is 1. The van der Waals surface area contributed by atoms with Crippen molar-refractivity contribution >= 4 is 5.91 Å². The van der Waals surface area contributed by atoms with E-state index in [2.05, 4.69) is 6.58 Å². The van der Waals surface area contributed by atoms with Crippen molar-refractivity contribution in [2.45, 2.75) is 32.4 Å². The molecule has 0 bridgehead atoms. The first-order valence-electron chi connectivity index (χ1n) is 5.03. The standard InChI is InChI=1S/C11H22N2O2/c1-6-7-13(11(2,3)4)10(14)9(8-12)15-5/h6,9H,1,7-8,12H2,2-5H3. The van der Waals surface area contributed by atoms with Gasteiger partial charge in [-0.2, -0.15) is 0 Å². The van der Waals surface area contributed by atoms with Gasteiger partial charge in [-0.15, -0.1) is 6.58 Å². The number of hydrogen-bond donors (Lipinski definition) is 1. The second kappa shape index (κ2) is 5.88. The quantitative estimate of drug-likeness (QED) is 0.688. The van der Waals surface area contributed by atoms with Crippen LogP contribution >= 0.6 is 0 Å². The zero-order valence-electron chi connectivity index (χ0n) is 10.1. The molecule has 0 saturated heterocycles. The van der Waals surface area contributed by atoms with E-state index in [0.29, 0.717) is 6.54 Å². The number of amides is 1. The molecule has 2 N–H and O–H groups in total. The third-order valence-corrected chi connectivity index (χ3v) is 2.16. The molecule has 0 aliphatic carbocycles. The van der Waals surface area contributed by atoms with Crippen molar-refractivity contribution in [3.63, 3.8) is 0 Å². The van der Waals surface area contributed by atoms with E-state index >= 15 is 0 Å². The summed E-state index contributed by atoms with van der Waals surface area (Å²) in [5, 5.41) is 0. The van der Waals surface area contributed by atoms with Crippen molar-refractivity contribution in [1.82, 2.24) is 4.90 Å². The molecular formula is C11H22N2O2. The smallest absolute Gasteiger partial charge is 0.253 e. The summed E-state index contributed by atoms with van der Waals surface area (Å²) in [6.45, 7) is 10.2. The Hall–Kier alpha value is -0.870. The molecule has 1 unspecified atom stereocenters. The van der Waals surface area contributed by atoms with Crippen LogP contribution < -0.4 is 5.73 Å². The Morgan fingerprint density at radius 3 is 2.40 bits per heavy atom. The number of nitrogens with two attached hydrogens (primary N) is 1. The molecule has 4 heteroatoms. The normalized spacial score (nSPS) is 13.4. The lowest BCUT2D eigenvalue weighted by molar-refractivity contribution is -0.145. The molecule has 0 radical (unpaired) electrons. The first-order chi connectivity index (χ1) is 6.88. The Bertz CT molecular complexity index is 217. The molecule has 0 aliphatic heterocycles. The van der Waals surface area contributed by atoms with Gasteiger partial charge in [0.15, 0.2) is 0 Å². The summed E-state index contributed by atoms with van der Waals surface area (Å²) >= 11 is 0. The molecule has 0 aromatic carbocycles. The molecule has 0 aliphatic rings. The van der Waals surface area contributed by atoms with Crippen LogP contribution in [0.1, 0.15) is 20.8 Å². The average Bonchev–Trinajstić information content (AvgIpc) is 2.14. The largest absolute Gasteiger partial charge is 0.370 e. The molecule has 15 heavy (non-hydrogen) atoms. The molecule has 0 fully saturated rings. The van der Waals surface area contributed by atoms with E-state index in [-0.39, 0.29) is 18.0 Å². The fourth-order valence-corrected chi connectivity index (χ4v) is 1.30. The van der Waals surface area contributed by atoms with Crippen LogP contribution in [0, 0.1) is 0 Å². The van der Waals surface area contributed by atoms with Crippen LogP contribution in [0.2, 0.25) is 0 Å². The molecule has 88 valence electrons. The third kappa shape index (κ3) is 4.01. The maximum Gasteiger partial charge on any atom is 0.253 e. The minimum atomic E-state index is -0.566. The highest BCUT2D eigenvalue weighted by molar-refractivity contribution is 5.82. The summed E-state index contributed by atoms with van der Waals surface area (Å²) in [4.78, 5) is 13.7. The number of ether oxygens (including phenoxy) is 1. The Labute approximate surface area is 92.1 Å². The predicted molar refractivity (Wildman–Crippen MR) is 61.5 cm³/mol. The van der Waals surface area contributed by atoms with Crippen LogP contribution in [0.3, 0.4) is 0 Å². The van der Waals surface area contributed by atoms with Gasteiger partial charge < -0.3 is 15.4 Å². The Kier molecular flexibility index (Phi) is 5.54. The maximum atomic E-state index is 12.0. The highest BCUT2D eigenvalue weighted by Crippen LogP contribution is 2.15. The Balaban J connectivity index is 4.76. The van der Waals surface area contributed by atoms with Crippen LogP contribution in [0.25, 0.3) is 0 Å². The molecular weight excluding hydrogens is 192 g/mol. The third-order valence-electron chi connectivity index (χ3n) is 2.16. The number of methoxy groups -OCH3 is 1. The SMILES string of the molecule is C=CCN(C(=O)C(CN)OC)C(C)(C)C. The van der Waals surface area contributed by atoms with Crippen LogP contribution in [0.4, 0.5) is 0 Å². The summed E-state index contributed by atoms with van der Waals surface area (Å²) in [5.74, 6) is -0.0904. The first kappa shape index (κ1) is 14.1. The lowest BCUT2D eigenvalue weighted by Gasteiger charge is -2.36. The highest BCUT2D eigenvalue weighted by Gasteiger charge is 2.30. The molecule has 4 nitrogen and oxygen atoms in total. The summed E-state index contributed by atoms with van der Waals surface area (Å²) < 4.78 is 5.03. The first-order valence-corrected chi connectivity index (χ1v) is 5.03. The maximum absolute atomic E-state index is 12.0. The molecule has 1 amide bonds. The summed E-state index contributed by atoms with van der Waals surface area (Å²) in [7, 11) is 1.49. The van der Waals surface area contributed by atoms with Crippen molar-refractivity contribution in [3.8, 4) is 0 Å². The molecule has 0 aromatic rings. The molecule has 0 spiro atoms. The number of carbonyl (C=O) groups excluding carboxylic acids is 1. The van der Waals surface area contributed by atoms with Gasteiger partial charge in [0.25, 0.3) is 5.91 Å². The van der Waals surface area contributed by atoms with Gasteiger partial charge in [0.2, 0.25) is 0 Å². The number of hydrogen-bond acceptors (Lipinski definition) is 3. The molecule has 0 aromatic heterocycles. The Morgan fingerprint density at radius 1 is 1.60 bits per heavy atom. The zero-order chi connectivity index (χ0) is 12.1. The van der Waals surface area contributed by atoms with Gasteiger partial charge in [0.05, 0.1) is 0 Å². The predicted octanol–water partition coefficient (Wildman–Crippen LogP) is 0.773. The molecule has 0 saturated carbocycles. The van der Waals surface area contributed by atoms with Crippen molar-refractivity contribution in [1.29, 1.82) is 0 Å². The molecule has 0 rings (SSSR count). The van der Waals surface area contributed by atoms with E-state index < -0.39 is 6.10 Å². The van der Waals surface area contributed by atoms with E-state index in [1.807, 2.05) is 20.8 Å². The van der Waals surface area contributed by atoms with Gasteiger partial charge in [0.1, 0.15) is 6.10 Å². The minimum Gasteiger partial charge on any atom is -0.370 e.